The SMILES string of the molecule is CCc1cnc2c(n1)SC(=S)C2. The third kappa shape index (κ3) is 1.36. The first kappa shape index (κ1) is 8.13. The summed E-state index contributed by atoms with van der Waals surface area (Å²) in [6.45, 7) is 2.08. The predicted molar refractivity (Wildman–Crippen MR) is 53.6 cm³/mol. The Kier molecular flexibility index (Phi) is 2.11. The number of fused-ring (bicyclic) bond motifs is 1. The van der Waals surface area contributed by atoms with E-state index in [1.807, 2.05) is 6.20 Å². The van der Waals surface area contributed by atoms with E-state index in [1.165, 1.54) is 0 Å². The molecule has 0 amide bonds. The lowest BCUT2D eigenvalue weighted by Gasteiger charge is -1.97. The lowest BCUT2D eigenvalue weighted by molar-refractivity contribution is 0.896. The van der Waals surface area contributed by atoms with Crippen molar-refractivity contribution in [3.05, 3.63) is 17.6 Å². The van der Waals surface area contributed by atoms with Crippen LogP contribution in [0.3, 0.4) is 0 Å². The number of aromatic nitrogens is 2. The Labute approximate surface area is 80.8 Å². The molecule has 0 saturated carbocycles. The molecule has 62 valence electrons. The van der Waals surface area contributed by atoms with Crippen LogP contribution in [0.15, 0.2) is 11.2 Å². The van der Waals surface area contributed by atoms with Crippen LogP contribution in [0.5, 0.6) is 0 Å². The summed E-state index contributed by atoms with van der Waals surface area (Å²) in [7, 11) is 0. The van der Waals surface area contributed by atoms with Crippen molar-refractivity contribution in [2.45, 2.75) is 24.8 Å². The van der Waals surface area contributed by atoms with Gasteiger partial charge in [0.1, 0.15) is 5.03 Å². The number of aryl methyl sites for hydroxylation is 1. The second kappa shape index (κ2) is 3.11. The Morgan fingerprint density at radius 2 is 2.50 bits per heavy atom. The first-order valence-corrected chi connectivity index (χ1v) is 5.07. The fourth-order valence-electron chi connectivity index (χ4n) is 1.09. The summed E-state index contributed by atoms with van der Waals surface area (Å²) in [6, 6.07) is 0. The van der Waals surface area contributed by atoms with Crippen molar-refractivity contribution >= 4 is 28.2 Å². The van der Waals surface area contributed by atoms with E-state index in [0.29, 0.717) is 0 Å². The first-order valence-electron chi connectivity index (χ1n) is 3.85. The van der Waals surface area contributed by atoms with Crippen molar-refractivity contribution in [3.63, 3.8) is 0 Å². The van der Waals surface area contributed by atoms with Crippen molar-refractivity contribution in [2.75, 3.05) is 0 Å². The number of thiocarbonyl (C=S) groups is 1. The van der Waals surface area contributed by atoms with E-state index in [4.69, 9.17) is 12.2 Å². The molecule has 0 aromatic carbocycles. The molecule has 1 aromatic heterocycles. The Hall–Kier alpha value is -0.480. The van der Waals surface area contributed by atoms with Gasteiger partial charge in [0.15, 0.2) is 0 Å². The molecule has 4 heteroatoms. The molecule has 0 fully saturated rings. The molecule has 1 aliphatic heterocycles. The van der Waals surface area contributed by atoms with Crippen molar-refractivity contribution in [3.8, 4) is 0 Å². The van der Waals surface area contributed by atoms with E-state index in [0.717, 1.165) is 33.5 Å². The van der Waals surface area contributed by atoms with Crippen molar-refractivity contribution < 1.29 is 0 Å². The smallest absolute Gasteiger partial charge is 0.124 e. The Balaban J connectivity index is 2.41. The van der Waals surface area contributed by atoms with Gasteiger partial charge in [0.25, 0.3) is 0 Å². The molecule has 0 radical (unpaired) electrons. The van der Waals surface area contributed by atoms with Crippen LogP contribution in [0.4, 0.5) is 0 Å². The number of hydrogen-bond acceptors (Lipinski definition) is 4. The van der Waals surface area contributed by atoms with E-state index in [1.54, 1.807) is 11.8 Å². The van der Waals surface area contributed by atoms with Gasteiger partial charge in [-0.1, -0.05) is 30.9 Å². The van der Waals surface area contributed by atoms with E-state index in [2.05, 4.69) is 16.9 Å². The highest BCUT2D eigenvalue weighted by molar-refractivity contribution is 8.23. The maximum Gasteiger partial charge on any atom is 0.124 e. The van der Waals surface area contributed by atoms with Gasteiger partial charge in [-0.05, 0) is 6.42 Å². The standard InChI is InChI=1S/C8H8N2S2/c1-2-5-4-9-6-3-7(11)12-8(6)10-5/h4H,2-3H2,1H3. The fourth-order valence-corrected chi connectivity index (χ4v) is 2.29. The van der Waals surface area contributed by atoms with Crippen molar-refractivity contribution in [1.82, 2.24) is 9.97 Å². The van der Waals surface area contributed by atoms with Gasteiger partial charge in [0.2, 0.25) is 0 Å². The third-order valence-corrected chi connectivity index (χ3v) is 3.03. The molecule has 0 unspecified atom stereocenters. The van der Waals surface area contributed by atoms with Crippen LogP contribution in [0.25, 0.3) is 0 Å². The lowest BCUT2D eigenvalue weighted by Crippen LogP contribution is -1.94. The molecule has 0 N–H and O–H groups in total. The van der Waals surface area contributed by atoms with Gasteiger partial charge in [-0.2, -0.15) is 0 Å². The van der Waals surface area contributed by atoms with Crippen LogP contribution in [0.1, 0.15) is 18.3 Å². The second-order valence-electron chi connectivity index (χ2n) is 2.62. The van der Waals surface area contributed by atoms with E-state index in [-0.39, 0.29) is 0 Å². The monoisotopic (exact) mass is 196 g/mol. The van der Waals surface area contributed by atoms with E-state index >= 15 is 0 Å². The summed E-state index contributed by atoms with van der Waals surface area (Å²) >= 11 is 6.66. The van der Waals surface area contributed by atoms with E-state index < -0.39 is 0 Å². The van der Waals surface area contributed by atoms with Crippen molar-refractivity contribution in [2.24, 2.45) is 0 Å². The highest BCUT2D eigenvalue weighted by atomic mass is 32.2. The normalized spacial score (nSPS) is 14.9. The quantitative estimate of drug-likeness (QED) is 0.642. The minimum atomic E-state index is 0.812. The highest BCUT2D eigenvalue weighted by Crippen LogP contribution is 2.30. The highest BCUT2D eigenvalue weighted by Gasteiger charge is 2.18. The van der Waals surface area contributed by atoms with Gasteiger partial charge in [0, 0.05) is 12.6 Å². The van der Waals surface area contributed by atoms with Crippen LogP contribution in [0, 0.1) is 0 Å². The van der Waals surface area contributed by atoms with Crippen LogP contribution >= 0.6 is 24.0 Å². The molecule has 0 spiro atoms. The molecule has 1 aromatic rings. The summed E-state index contributed by atoms with van der Waals surface area (Å²) in [5.74, 6) is 0. The van der Waals surface area contributed by atoms with Gasteiger partial charge in [-0.25, -0.2) is 4.98 Å². The Morgan fingerprint density at radius 1 is 1.67 bits per heavy atom. The van der Waals surface area contributed by atoms with Crippen LogP contribution < -0.4 is 0 Å². The van der Waals surface area contributed by atoms with Gasteiger partial charge in [0.05, 0.1) is 15.6 Å². The molecular weight excluding hydrogens is 188 g/mol. The molecule has 1 aliphatic rings. The average Bonchev–Trinajstić information content (AvgIpc) is 2.43. The molecule has 12 heavy (non-hydrogen) atoms. The minimum absolute atomic E-state index is 0.812. The molecule has 0 aliphatic carbocycles. The first-order chi connectivity index (χ1) is 5.79. The van der Waals surface area contributed by atoms with E-state index in [9.17, 15) is 0 Å². The minimum Gasteiger partial charge on any atom is -0.256 e. The Bertz CT molecular complexity index is 336. The topological polar surface area (TPSA) is 25.8 Å². The largest absolute Gasteiger partial charge is 0.256 e. The lowest BCUT2D eigenvalue weighted by atomic mass is 10.3. The molecule has 2 heterocycles. The number of thioether (sulfide) groups is 1. The van der Waals surface area contributed by atoms with Crippen LogP contribution in [-0.4, -0.2) is 14.2 Å². The summed E-state index contributed by atoms with van der Waals surface area (Å²) < 4.78 is 0.984. The van der Waals surface area contributed by atoms with Gasteiger partial charge >= 0.3 is 0 Å². The van der Waals surface area contributed by atoms with Gasteiger partial charge in [-0.3, -0.25) is 4.98 Å². The van der Waals surface area contributed by atoms with Gasteiger partial charge in [-0.15, -0.1) is 0 Å². The molecule has 0 atom stereocenters. The number of hydrogen-bond donors (Lipinski definition) is 0. The summed E-state index contributed by atoms with van der Waals surface area (Å²) in [5, 5.41) is 1.01. The zero-order valence-corrected chi connectivity index (χ0v) is 8.34. The van der Waals surface area contributed by atoms with Crippen LogP contribution in [-0.2, 0) is 12.8 Å². The second-order valence-corrected chi connectivity index (χ2v) is 4.45. The molecular formula is C8H8N2S2. The fraction of sp³-hybridized carbons (Fsp3) is 0.375. The predicted octanol–water partition coefficient (Wildman–Crippen LogP) is 2.01. The molecule has 2 nitrogen and oxygen atoms in total. The molecule has 0 saturated heterocycles. The molecule has 0 bridgehead atoms. The maximum absolute atomic E-state index is 5.09. The van der Waals surface area contributed by atoms with Crippen molar-refractivity contribution in [1.29, 1.82) is 0 Å². The maximum atomic E-state index is 5.09. The zero-order valence-electron chi connectivity index (χ0n) is 6.70. The third-order valence-electron chi connectivity index (χ3n) is 1.75. The average molecular weight is 196 g/mol. The summed E-state index contributed by atoms with van der Waals surface area (Å²) in [4.78, 5) is 8.74. The summed E-state index contributed by atoms with van der Waals surface area (Å²) in [5.41, 5.74) is 2.09. The number of rotatable bonds is 1. The Morgan fingerprint density at radius 3 is 3.25 bits per heavy atom. The summed E-state index contributed by atoms with van der Waals surface area (Å²) in [6.07, 6.45) is 3.59. The zero-order chi connectivity index (χ0) is 8.55. The van der Waals surface area contributed by atoms with Crippen LogP contribution in [0.2, 0.25) is 0 Å². The van der Waals surface area contributed by atoms with Gasteiger partial charge < -0.3 is 0 Å². The number of nitrogens with zero attached hydrogens (tertiary/aromatic N) is 2. The molecule has 2 rings (SSSR count).